The molecule has 0 rings (SSSR count). The molecule has 118 valence electrons. The highest BCUT2D eigenvalue weighted by atomic mass is 32.2. The number of rotatable bonds is 5. The lowest BCUT2D eigenvalue weighted by Crippen LogP contribution is -2.41. The van der Waals surface area contributed by atoms with Crippen LogP contribution in [0.25, 0.3) is 0 Å². The molecule has 4 nitrogen and oxygen atoms in total. The van der Waals surface area contributed by atoms with Crippen LogP contribution < -0.4 is 5.32 Å². The summed E-state index contributed by atoms with van der Waals surface area (Å²) in [5, 5.41) is 4.47. The van der Waals surface area contributed by atoms with Gasteiger partial charge in [-0.1, -0.05) is 33.8 Å². The van der Waals surface area contributed by atoms with E-state index >= 15 is 0 Å². The van der Waals surface area contributed by atoms with E-state index in [1.54, 1.807) is 5.41 Å². The Hall–Kier alpha value is -0.840. The predicted octanol–water partition coefficient (Wildman–Crippen LogP) is 3.60. The Bertz CT molecular complexity index is 364. The molecule has 0 aromatic carbocycles. The SMILES string of the molecule is CC[C@H](C[S@](=O)/C=C/C(C)(C)C)NC(=O)OC(C)(C)C. The molecule has 0 heterocycles. The van der Waals surface area contributed by atoms with Crippen molar-refractivity contribution in [2.24, 2.45) is 5.41 Å². The number of hydrogen-bond donors (Lipinski definition) is 1. The van der Waals surface area contributed by atoms with Crippen LogP contribution in [-0.2, 0) is 15.5 Å². The summed E-state index contributed by atoms with van der Waals surface area (Å²) in [6.45, 7) is 13.6. The van der Waals surface area contributed by atoms with Crippen LogP contribution in [0.15, 0.2) is 11.5 Å². The first kappa shape index (κ1) is 19.2. The van der Waals surface area contributed by atoms with Crippen molar-refractivity contribution < 1.29 is 13.7 Å². The van der Waals surface area contributed by atoms with Gasteiger partial charge < -0.3 is 10.1 Å². The van der Waals surface area contributed by atoms with Gasteiger partial charge in [-0.25, -0.2) is 4.79 Å². The molecule has 1 N–H and O–H groups in total. The maximum Gasteiger partial charge on any atom is 0.407 e. The molecule has 0 spiro atoms. The minimum absolute atomic E-state index is 0.00989. The largest absolute Gasteiger partial charge is 0.444 e. The second-order valence-electron chi connectivity index (χ2n) is 6.97. The Morgan fingerprint density at radius 1 is 1.25 bits per heavy atom. The molecule has 0 aromatic heterocycles. The molecule has 0 aromatic rings. The number of allylic oxidation sites excluding steroid dienone is 1. The minimum Gasteiger partial charge on any atom is -0.444 e. The van der Waals surface area contributed by atoms with Crippen molar-refractivity contribution in [2.75, 3.05) is 5.75 Å². The van der Waals surface area contributed by atoms with Gasteiger partial charge in [-0.2, -0.15) is 0 Å². The number of carbonyl (C=O) groups excluding carboxylic acids is 1. The Balaban J connectivity index is 4.39. The summed E-state index contributed by atoms with van der Waals surface area (Å²) in [6, 6.07) is -0.143. The molecule has 0 aliphatic rings. The van der Waals surface area contributed by atoms with Crippen LogP contribution in [0, 0.1) is 5.41 Å². The topological polar surface area (TPSA) is 55.4 Å². The third-order valence-corrected chi connectivity index (χ3v) is 3.47. The van der Waals surface area contributed by atoms with Crippen molar-refractivity contribution in [2.45, 2.75) is 66.5 Å². The van der Waals surface area contributed by atoms with E-state index in [1.165, 1.54) is 0 Å². The molecular weight excluding hydrogens is 274 g/mol. The number of hydrogen-bond acceptors (Lipinski definition) is 3. The fourth-order valence-corrected chi connectivity index (χ4v) is 2.66. The molecule has 2 atom stereocenters. The molecule has 5 heteroatoms. The smallest absolute Gasteiger partial charge is 0.407 e. The van der Waals surface area contributed by atoms with Crippen LogP contribution in [0.5, 0.6) is 0 Å². The highest BCUT2D eigenvalue weighted by Gasteiger charge is 2.19. The number of amides is 1. The number of carbonyl (C=O) groups is 1. The molecule has 0 aliphatic heterocycles. The number of nitrogens with one attached hydrogen (secondary N) is 1. The van der Waals surface area contributed by atoms with Crippen molar-refractivity contribution in [1.29, 1.82) is 0 Å². The standard InChI is InChI=1S/C15H29NO3S/c1-8-12(16-13(17)19-15(5,6)7)11-20(18)10-9-14(2,3)4/h9-10,12H,8,11H2,1-7H3,(H,16,17)/b10-9+/t12-,20-/m1/s1. The zero-order valence-electron chi connectivity index (χ0n) is 13.8. The number of ether oxygens (including phenoxy) is 1. The van der Waals surface area contributed by atoms with E-state index in [0.717, 1.165) is 0 Å². The third kappa shape index (κ3) is 11.0. The first-order valence-electron chi connectivity index (χ1n) is 6.99. The highest BCUT2D eigenvalue weighted by Crippen LogP contribution is 2.15. The Morgan fingerprint density at radius 2 is 1.80 bits per heavy atom. The van der Waals surface area contributed by atoms with E-state index in [0.29, 0.717) is 12.2 Å². The van der Waals surface area contributed by atoms with E-state index in [1.807, 2.05) is 33.8 Å². The van der Waals surface area contributed by atoms with Crippen molar-refractivity contribution in [3.63, 3.8) is 0 Å². The Kier molecular flexibility index (Phi) is 7.49. The van der Waals surface area contributed by atoms with Crippen molar-refractivity contribution in [3.8, 4) is 0 Å². The maximum absolute atomic E-state index is 12.0. The number of alkyl carbamates (subject to hydrolysis) is 1. The van der Waals surface area contributed by atoms with Gasteiger partial charge in [0.2, 0.25) is 0 Å². The second kappa shape index (κ2) is 7.81. The van der Waals surface area contributed by atoms with Crippen LogP contribution in [0.3, 0.4) is 0 Å². The third-order valence-electron chi connectivity index (χ3n) is 2.30. The lowest BCUT2D eigenvalue weighted by atomic mass is 9.98. The summed E-state index contributed by atoms with van der Waals surface area (Å²) >= 11 is 0. The van der Waals surface area contributed by atoms with Crippen LogP contribution in [-0.4, -0.2) is 27.7 Å². The van der Waals surface area contributed by atoms with Crippen LogP contribution in [0.2, 0.25) is 0 Å². The summed E-state index contributed by atoms with van der Waals surface area (Å²) in [6.07, 6.45) is 2.19. The van der Waals surface area contributed by atoms with Gasteiger partial charge in [-0.05, 0) is 38.0 Å². The Labute approximate surface area is 125 Å². The Morgan fingerprint density at radius 3 is 2.20 bits per heavy atom. The molecule has 1 amide bonds. The molecular formula is C15H29NO3S. The van der Waals surface area contributed by atoms with Crippen LogP contribution in [0.1, 0.15) is 54.9 Å². The van der Waals surface area contributed by atoms with E-state index in [-0.39, 0.29) is 11.5 Å². The molecule has 0 saturated heterocycles. The summed E-state index contributed by atoms with van der Waals surface area (Å²) in [7, 11) is -1.09. The van der Waals surface area contributed by atoms with Gasteiger partial charge in [-0.3, -0.25) is 4.21 Å². The van der Waals surface area contributed by atoms with Crippen molar-refractivity contribution in [1.82, 2.24) is 5.32 Å². The fraction of sp³-hybridized carbons (Fsp3) is 0.800. The molecule has 0 aliphatic carbocycles. The van der Waals surface area contributed by atoms with Crippen molar-refractivity contribution in [3.05, 3.63) is 11.5 Å². The van der Waals surface area contributed by atoms with E-state index < -0.39 is 22.5 Å². The van der Waals surface area contributed by atoms with Gasteiger partial charge in [0.1, 0.15) is 5.60 Å². The molecule has 20 heavy (non-hydrogen) atoms. The summed E-state index contributed by atoms with van der Waals surface area (Å²) in [5.41, 5.74) is -0.510. The lowest BCUT2D eigenvalue weighted by molar-refractivity contribution is 0.0508. The maximum atomic E-state index is 12.0. The zero-order valence-corrected chi connectivity index (χ0v) is 14.6. The molecule has 0 saturated carbocycles. The van der Waals surface area contributed by atoms with Gasteiger partial charge in [-0.15, -0.1) is 0 Å². The van der Waals surface area contributed by atoms with Gasteiger partial charge in [0.15, 0.2) is 0 Å². The molecule has 0 fully saturated rings. The van der Waals surface area contributed by atoms with Gasteiger partial charge in [0.05, 0.1) is 0 Å². The second-order valence-corrected chi connectivity index (χ2v) is 8.33. The first-order chi connectivity index (χ1) is 8.93. The summed E-state index contributed by atoms with van der Waals surface area (Å²) in [5.74, 6) is 0.405. The van der Waals surface area contributed by atoms with Crippen LogP contribution >= 0.6 is 0 Å². The fourth-order valence-electron chi connectivity index (χ4n) is 1.27. The average Bonchev–Trinajstić information content (AvgIpc) is 2.21. The zero-order chi connectivity index (χ0) is 16.0. The molecule has 0 unspecified atom stereocenters. The first-order valence-corrected chi connectivity index (χ1v) is 8.37. The summed E-state index contributed by atoms with van der Waals surface area (Å²) in [4.78, 5) is 11.7. The van der Waals surface area contributed by atoms with Gasteiger partial charge in [0.25, 0.3) is 0 Å². The van der Waals surface area contributed by atoms with Gasteiger partial charge in [0, 0.05) is 22.6 Å². The van der Waals surface area contributed by atoms with E-state index in [2.05, 4.69) is 26.1 Å². The van der Waals surface area contributed by atoms with Crippen LogP contribution in [0.4, 0.5) is 4.79 Å². The average molecular weight is 303 g/mol. The molecule has 0 bridgehead atoms. The quantitative estimate of drug-likeness (QED) is 0.844. The normalized spacial score (nSPS) is 15.9. The van der Waals surface area contributed by atoms with E-state index in [9.17, 15) is 9.00 Å². The summed E-state index contributed by atoms with van der Waals surface area (Å²) < 4.78 is 17.2. The predicted molar refractivity (Wildman–Crippen MR) is 85.1 cm³/mol. The van der Waals surface area contributed by atoms with Gasteiger partial charge >= 0.3 is 6.09 Å². The monoisotopic (exact) mass is 303 g/mol. The lowest BCUT2D eigenvalue weighted by Gasteiger charge is -2.22. The van der Waals surface area contributed by atoms with Crippen molar-refractivity contribution >= 4 is 16.9 Å². The van der Waals surface area contributed by atoms with E-state index in [4.69, 9.17) is 4.74 Å². The minimum atomic E-state index is -1.09. The molecule has 0 radical (unpaired) electrons. The highest BCUT2D eigenvalue weighted by molar-refractivity contribution is 7.88.